The van der Waals surface area contributed by atoms with Gasteiger partial charge in [-0.1, -0.05) is 17.4 Å². The Morgan fingerprint density at radius 3 is 2.44 bits per heavy atom. The summed E-state index contributed by atoms with van der Waals surface area (Å²) in [6, 6.07) is 16.4. The fraction of sp³-hybridized carbons (Fsp3) is 0.130. The number of carbonyl (C=O) groups is 1. The number of ether oxygens (including phenoxy) is 1. The molecule has 2 N–H and O–H groups in total. The molecule has 4 aromatic rings. The van der Waals surface area contributed by atoms with Crippen molar-refractivity contribution >= 4 is 48.3 Å². The molecule has 1 aromatic heterocycles. The highest BCUT2D eigenvalue weighted by atomic mass is 32.2. The molecule has 0 aliphatic carbocycles. The predicted molar refractivity (Wildman–Crippen MR) is 127 cm³/mol. The Balaban J connectivity index is 1.52. The molecule has 0 unspecified atom stereocenters. The molecule has 0 aliphatic rings. The molecule has 1 amide bonds. The third-order valence-corrected chi connectivity index (χ3v) is 7.30. The third kappa shape index (κ3) is 4.58. The van der Waals surface area contributed by atoms with Crippen LogP contribution in [0.5, 0.6) is 5.75 Å². The summed E-state index contributed by atoms with van der Waals surface area (Å²) in [6.45, 7) is 4.05. The Morgan fingerprint density at radius 1 is 1.00 bits per heavy atom. The zero-order valence-electron chi connectivity index (χ0n) is 17.7. The van der Waals surface area contributed by atoms with Crippen LogP contribution in [0.2, 0.25) is 0 Å². The van der Waals surface area contributed by atoms with Gasteiger partial charge in [0.05, 0.1) is 22.2 Å². The third-order valence-electron chi connectivity index (χ3n) is 4.97. The number of thiazole rings is 1. The van der Waals surface area contributed by atoms with Gasteiger partial charge in [0, 0.05) is 11.3 Å². The van der Waals surface area contributed by atoms with Crippen LogP contribution in [0.3, 0.4) is 0 Å². The van der Waals surface area contributed by atoms with E-state index in [1.165, 1.54) is 36.6 Å². The van der Waals surface area contributed by atoms with Crippen molar-refractivity contribution in [1.29, 1.82) is 0 Å². The highest BCUT2D eigenvalue weighted by molar-refractivity contribution is 7.92. The lowest BCUT2D eigenvalue weighted by Crippen LogP contribution is -2.15. The van der Waals surface area contributed by atoms with Crippen LogP contribution in [-0.4, -0.2) is 26.4 Å². The minimum Gasteiger partial charge on any atom is -0.497 e. The number of hydrogen-bond acceptors (Lipinski definition) is 6. The van der Waals surface area contributed by atoms with Crippen LogP contribution in [0.1, 0.15) is 21.5 Å². The first-order valence-electron chi connectivity index (χ1n) is 9.71. The number of hydrogen-bond donors (Lipinski definition) is 2. The molecule has 0 saturated heterocycles. The maximum atomic E-state index is 12.7. The number of amides is 1. The van der Waals surface area contributed by atoms with Crippen LogP contribution < -0.4 is 14.8 Å². The van der Waals surface area contributed by atoms with Crippen LogP contribution in [0.25, 0.3) is 10.2 Å². The van der Waals surface area contributed by atoms with E-state index in [4.69, 9.17) is 4.74 Å². The average molecular weight is 468 g/mol. The molecular formula is C23H21N3O4S2. The van der Waals surface area contributed by atoms with Gasteiger partial charge in [0.2, 0.25) is 0 Å². The Kier molecular flexibility index (Phi) is 5.86. The van der Waals surface area contributed by atoms with Crippen molar-refractivity contribution in [2.24, 2.45) is 0 Å². The number of anilines is 2. The standard InChI is InChI=1S/C23H21N3O4S2/c1-14-11-20-21(12-15(14)2)31-23(24-20)25-22(27)16-5-4-6-17(13-16)26-32(28,29)19-9-7-18(30-3)8-10-19/h4-13,26H,1-3H3,(H,24,25,27). The van der Waals surface area contributed by atoms with E-state index in [1.807, 2.05) is 26.0 Å². The van der Waals surface area contributed by atoms with Crippen LogP contribution in [0.15, 0.2) is 65.6 Å². The van der Waals surface area contributed by atoms with Gasteiger partial charge in [-0.15, -0.1) is 0 Å². The van der Waals surface area contributed by atoms with E-state index in [0.717, 1.165) is 21.3 Å². The Bertz CT molecular complexity index is 1370. The molecule has 4 rings (SSSR count). The molecule has 164 valence electrons. The smallest absolute Gasteiger partial charge is 0.261 e. The summed E-state index contributed by atoms with van der Waals surface area (Å²) in [4.78, 5) is 17.3. The number of carbonyl (C=O) groups excluding carboxylic acids is 1. The van der Waals surface area contributed by atoms with Gasteiger partial charge in [-0.3, -0.25) is 14.8 Å². The van der Waals surface area contributed by atoms with E-state index in [-0.39, 0.29) is 16.5 Å². The molecule has 0 aliphatic heterocycles. The maximum absolute atomic E-state index is 12.7. The first-order valence-corrected chi connectivity index (χ1v) is 12.0. The molecule has 0 spiro atoms. The number of aryl methyl sites for hydroxylation is 2. The lowest BCUT2D eigenvalue weighted by Gasteiger charge is -2.10. The molecule has 0 fully saturated rings. The highest BCUT2D eigenvalue weighted by Gasteiger charge is 2.16. The van der Waals surface area contributed by atoms with Crippen LogP contribution in [0, 0.1) is 13.8 Å². The van der Waals surface area contributed by atoms with Gasteiger partial charge in [0.25, 0.3) is 15.9 Å². The molecule has 9 heteroatoms. The normalized spacial score (nSPS) is 11.3. The molecule has 3 aromatic carbocycles. The number of rotatable bonds is 6. The summed E-state index contributed by atoms with van der Waals surface area (Å²) in [7, 11) is -2.30. The van der Waals surface area contributed by atoms with Crippen molar-refractivity contribution in [2.75, 3.05) is 17.1 Å². The van der Waals surface area contributed by atoms with Crippen molar-refractivity contribution in [2.45, 2.75) is 18.7 Å². The summed E-state index contributed by atoms with van der Waals surface area (Å²) >= 11 is 1.39. The second-order valence-electron chi connectivity index (χ2n) is 7.24. The zero-order chi connectivity index (χ0) is 22.9. The fourth-order valence-corrected chi connectivity index (χ4v) is 5.09. The number of sulfonamides is 1. The van der Waals surface area contributed by atoms with Crippen molar-refractivity contribution in [3.63, 3.8) is 0 Å². The minimum absolute atomic E-state index is 0.0909. The van der Waals surface area contributed by atoms with E-state index in [9.17, 15) is 13.2 Å². The number of nitrogens with zero attached hydrogens (tertiary/aromatic N) is 1. The number of aromatic nitrogens is 1. The molecule has 7 nitrogen and oxygen atoms in total. The predicted octanol–water partition coefficient (Wildman–Crippen LogP) is 4.97. The fourth-order valence-electron chi connectivity index (χ4n) is 3.10. The Hall–Kier alpha value is -3.43. The quantitative estimate of drug-likeness (QED) is 0.417. The summed E-state index contributed by atoms with van der Waals surface area (Å²) < 4.78 is 33.9. The summed E-state index contributed by atoms with van der Waals surface area (Å²) in [5.41, 5.74) is 3.72. The number of fused-ring (bicyclic) bond motifs is 1. The van der Waals surface area contributed by atoms with Gasteiger partial charge in [0.15, 0.2) is 5.13 Å². The minimum atomic E-state index is -3.81. The van der Waals surface area contributed by atoms with Crippen LogP contribution in [-0.2, 0) is 10.0 Å². The Morgan fingerprint density at radius 2 is 1.72 bits per heavy atom. The molecule has 0 saturated carbocycles. The van der Waals surface area contributed by atoms with Crippen molar-refractivity contribution in [3.8, 4) is 5.75 Å². The monoisotopic (exact) mass is 467 g/mol. The molecule has 0 radical (unpaired) electrons. The zero-order valence-corrected chi connectivity index (χ0v) is 19.3. The van der Waals surface area contributed by atoms with Crippen molar-refractivity contribution < 1.29 is 17.9 Å². The van der Waals surface area contributed by atoms with Gasteiger partial charge in [-0.2, -0.15) is 0 Å². The maximum Gasteiger partial charge on any atom is 0.261 e. The van der Waals surface area contributed by atoms with Crippen molar-refractivity contribution in [1.82, 2.24) is 4.98 Å². The topological polar surface area (TPSA) is 97.4 Å². The van der Waals surface area contributed by atoms with E-state index in [1.54, 1.807) is 30.3 Å². The number of nitrogens with one attached hydrogen (secondary N) is 2. The van der Waals surface area contributed by atoms with Gasteiger partial charge in [-0.25, -0.2) is 13.4 Å². The van der Waals surface area contributed by atoms with E-state index in [0.29, 0.717) is 16.4 Å². The van der Waals surface area contributed by atoms with Gasteiger partial charge in [0.1, 0.15) is 5.75 Å². The second kappa shape index (κ2) is 8.60. The molecule has 0 atom stereocenters. The average Bonchev–Trinajstić information content (AvgIpc) is 3.14. The van der Waals surface area contributed by atoms with Crippen molar-refractivity contribution in [3.05, 3.63) is 77.4 Å². The molecule has 1 heterocycles. The van der Waals surface area contributed by atoms with E-state index < -0.39 is 10.0 Å². The van der Waals surface area contributed by atoms with Gasteiger partial charge < -0.3 is 4.74 Å². The molecular weight excluding hydrogens is 446 g/mol. The second-order valence-corrected chi connectivity index (χ2v) is 9.95. The SMILES string of the molecule is COc1ccc(S(=O)(=O)Nc2cccc(C(=O)Nc3nc4cc(C)c(C)cc4s3)c2)cc1. The number of methoxy groups -OCH3 is 1. The molecule has 32 heavy (non-hydrogen) atoms. The lowest BCUT2D eigenvalue weighted by atomic mass is 10.1. The molecule has 0 bridgehead atoms. The largest absolute Gasteiger partial charge is 0.497 e. The Labute approximate surface area is 190 Å². The van der Waals surface area contributed by atoms with Crippen LogP contribution in [0.4, 0.5) is 10.8 Å². The van der Waals surface area contributed by atoms with Gasteiger partial charge >= 0.3 is 0 Å². The highest BCUT2D eigenvalue weighted by Crippen LogP contribution is 2.29. The van der Waals surface area contributed by atoms with E-state index in [2.05, 4.69) is 15.0 Å². The summed E-state index contributed by atoms with van der Waals surface area (Å²) in [5, 5.41) is 3.28. The van der Waals surface area contributed by atoms with Crippen LogP contribution >= 0.6 is 11.3 Å². The van der Waals surface area contributed by atoms with E-state index >= 15 is 0 Å². The first-order chi connectivity index (χ1) is 15.2. The van der Waals surface area contributed by atoms with Gasteiger partial charge in [-0.05, 0) is 79.6 Å². The first kappa shape index (κ1) is 21.8. The number of benzene rings is 3. The lowest BCUT2D eigenvalue weighted by molar-refractivity contribution is 0.102. The summed E-state index contributed by atoms with van der Waals surface area (Å²) in [5.74, 6) is 0.186. The summed E-state index contributed by atoms with van der Waals surface area (Å²) in [6.07, 6.45) is 0.